The molecule has 2 N–H and O–H groups in total. The fourth-order valence-electron chi connectivity index (χ4n) is 1.42. The van der Waals surface area contributed by atoms with Crippen molar-refractivity contribution in [3.05, 3.63) is 5.89 Å². The first-order valence-corrected chi connectivity index (χ1v) is 5.06. The van der Waals surface area contributed by atoms with Gasteiger partial charge in [-0.2, -0.15) is 0 Å². The zero-order valence-electron chi connectivity index (χ0n) is 8.86. The highest BCUT2D eigenvalue weighted by Crippen LogP contribution is 2.05. The van der Waals surface area contributed by atoms with Crippen LogP contribution < -0.4 is 5.73 Å². The average Bonchev–Trinajstić information content (AvgIpc) is 2.52. The van der Waals surface area contributed by atoms with Gasteiger partial charge in [0.25, 0.3) is 0 Å². The highest BCUT2D eigenvalue weighted by Gasteiger charge is 2.08. The number of nitrogens with zero attached hydrogens (tertiary/aromatic N) is 3. The van der Waals surface area contributed by atoms with E-state index in [2.05, 4.69) is 28.9 Å². The molecular formula is C9H18N4O. The molecule has 0 bridgehead atoms. The third kappa shape index (κ3) is 3.33. The lowest BCUT2D eigenvalue weighted by Gasteiger charge is -2.18. The van der Waals surface area contributed by atoms with Crippen molar-refractivity contribution in [2.45, 2.75) is 33.2 Å². The second kappa shape index (κ2) is 5.59. The van der Waals surface area contributed by atoms with Crippen molar-refractivity contribution >= 4 is 6.01 Å². The normalized spacial score (nSPS) is 11.1. The molecule has 1 aromatic rings. The van der Waals surface area contributed by atoms with Gasteiger partial charge >= 0.3 is 6.01 Å². The van der Waals surface area contributed by atoms with Crippen molar-refractivity contribution in [2.24, 2.45) is 0 Å². The predicted molar refractivity (Wildman–Crippen MR) is 54.6 cm³/mol. The smallest absolute Gasteiger partial charge is 0.312 e. The van der Waals surface area contributed by atoms with Crippen molar-refractivity contribution < 1.29 is 4.42 Å². The van der Waals surface area contributed by atoms with Gasteiger partial charge in [-0.05, 0) is 25.9 Å². The molecule has 0 unspecified atom stereocenters. The molecule has 0 spiro atoms. The summed E-state index contributed by atoms with van der Waals surface area (Å²) in [5, 5.41) is 7.46. The van der Waals surface area contributed by atoms with Crippen molar-refractivity contribution in [1.29, 1.82) is 0 Å². The second-order valence-electron chi connectivity index (χ2n) is 3.31. The Bertz CT molecular complexity index is 255. The maximum Gasteiger partial charge on any atom is 0.312 e. The molecule has 0 saturated heterocycles. The van der Waals surface area contributed by atoms with Gasteiger partial charge in [-0.3, -0.25) is 4.90 Å². The lowest BCUT2D eigenvalue weighted by atomic mass is 10.3. The number of hydrogen-bond donors (Lipinski definition) is 1. The molecule has 5 nitrogen and oxygen atoms in total. The Kier molecular flexibility index (Phi) is 4.39. The molecule has 5 heteroatoms. The Labute approximate surface area is 84.3 Å². The maximum atomic E-state index is 5.34. The quantitative estimate of drug-likeness (QED) is 0.745. The Morgan fingerprint density at radius 1 is 1.21 bits per heavy atom. The Hall–Kier alpha value is -1.10. The second-order valence-corrected chi connectivity index (χ2v) is 3.31. The molecule has 0 aromatic carbocycles. The molecule has 0 radical (unpaired) electrons. The van der Waals surface area contributed by atoms with Gasteiger partial charge in [0.05, 0.1) is 6.54 Å². The monoisotopic (exact) mass is 198 g/mol. The number of anilines is 1. The van der Waals surface area contributed by atoms with Crippen molar-refractivity contribution in [3.63, 3.8) is 0 Å². The SMILES string of the molecule is CCCN(CCC)Cc1nnc(N)o1. The summed E-state index contributed by atoms with van der Waals surface area (Å²) in [6.45, 7) is 7.12. The van der Waals surface area contributed by atoms with Crippen LogP contribution in [0.5, 0.6) is 0 Å². The summed E-state index contributed by atoms with van der Waals surface area (Å²) in [6, 6.07) is 0.146. The summed E-state index contributed by atoms with van der Waals surface area (Å²) in [4.78, 5) is 2.28. The summed E-state index contributed by atoms with van der Waals surface area (Å²) in [7, 11) is 0. The van der Waals surface area contributed by atoms with Gasteiger partial charge in [-0.25, -0.2) is 0 Å². The highest BCUT2D eigenvalue weighted by atomic mass is 16.4. The van der Waals surface area contributed by atoms with Crippen LogP contribution in [-0.2, 0) is 6.54 Å². The van der Waals surface area contributed by atoms with Gasteiger partial charge < -0.3 is 10.2 Å². The Balaban J connectivity index is 2.46. The van der Waals surface area contributed by atoms with Crippen LogP contribution in [0.1, 0.15) is 32.6 Å². The molecular weight excluding hydrogens is 180 g/mol. The van der Waals surface area contributed by atoms with Gasteiger partial charge in [-0.1, -0.05) is 18.9 Å². The first-order valence-electron chi connectivity index (χ1n) is 5.06. The minimum Gasteiger partial charge on any atom is -0.407 e. The summed E-state index contributed by atoms with van der Waals surface area (Å²) < 4.78 is 5.12. The van der Waals surface area contributed by atoms with Crippen LogP contribution in [0.25, 0.3) is 0 Å². The fourth-order valence-corrected chi connectivity index (χ4v) is 1.42. The molecule has 0 atom stereocenters. The third-order valence-corrected chi connectivity index (χ3v) is 1.92. The van der Waals surface area contributed by atoms with Crippen LogP contribution in [-0.4, -0.2) is 28.2 Å². The molecule has 1 rings (SSSR count). The van der Waals surface area contributed by atoms with Crippen LogP contribution >= 0.6 is 0 Å². The van der Waals surface area contributed by atoms with Gasteiger partial charge in [0, 0.05) is 0 Å². The van der Waals surface area contributed by atoms with Crippen LogP contribution in [0.4, 0.5) is 6.01 Å². The lowest BCUT2D eigenvalue weighted by molar-refractivity contribution is 0.241. The molecule has 14 heavy (non-hydrogen) atoms. The molecule has 1 aromatic heterocycles. The molecule has 0 aliphatic rings. The molecule has 80 valence electrons. The minimum absolute atomic E-state index is 0.146. The average molecular weight is 198 g/mol. The van der Waals surface area contributed by atoms with Crippen molar-refractivity contribution in [1.82, 2.24) is 15.1 Å². The number of hydrogen-bond acceptors (Lipinski definition) is 5. The van der Waals surface area contributed by atoms with E-state index < -0.39 is 0 Å². The molecule has 1 heterocycles. The third-order valence-electron chi connectivity index (χ3n) is 1.92. The van der Waals surface area contributed by atoms with E-state index in [4.69, 9.17) is 10.2 Å². The predicted octanol–water partition coefficient (Wildman–Crippen LogP) is 1.27. The van der Waals surface area contributed by atoms with E-state index in [1.54, 1.807) is 0 Å². The molecule has 0 aliphatic heterocycles. The summed E-state index contributed by atoms with van der Waals surface area (Å²) >= 11 is 0. The van der Waals surface area contributed by atoms with E-state index in [9.17, 15) is 0 Å². The molecule has 0 amide bonds. The largest absolute Gasteiger partial charge is 0.407 e. The van der Waals surface area contributed by atoms with Crippen molar-refractivity contribution in [3.8, 4) is 0 Å². The number of rotatable bonds is 6. The highest BCUT2D eigenvalue weighted by molar-refractivity contribution is 5.04. The van der Waals surface area contributed by atoms with Crippen molar-refractivity contribution in [2.75, 3.05) is 18.8 Å². The summed E-state index contributed by atoms with van der Waals surface area (Å²) in [5.74, 6) is 0.601. The summed E-state index contributed by atoms with van der Waals surface area (Å²) in [6.07, 6.45) is 2.26. The maximum absolute atomic E-state index is 5.34. The number of nitrogen functional groups attached to an aromatic ring is 1. The van der Waals surface area contributed by atoms with Crippen LogP contribution in [0.2, 0.25) is 0 Å². The molecule has 0 aliphatic carbocycles. The zero-order chi connectivity index (χ0) is 10.4. The summed E-state index contributed by atoms with van der Waals surface area (Å²) in [5.41, 5.74) is 5.34. The molecule has 0 fully saturated rings. The standard InChI is InChI=1S/C9H18N4O/c1-3-5-13(6-4-2)7-8-11-12-9(10)14-8/h3-7H2,1-2H3,(H2,10,12). The van der Waals surface area contributed by atoms with E-state index in [0.29, 0.717) is 12.4 Å². The van der Waals surface area contributed by atoms with Crippen LogP contribution in [0.15, 0.2) is 4.42 Å². The van der Waals surface area contributed by atoms with Crippen LogP contribution in [0, 0.1) is 0 Å². The molecule has 0 saturated carbocycles. The van der Waals surface area contributed by atoms with Crippen LogP contribution in [0.3, 0.4) is 0 Å². The number of nitrogens with two attached hydrogens (primary N) is 1. The van der Waals surface area contributed by atoms with E-state index >= 15 is 0 Å². The van der Waals surface area contributed by atoms with E-state index in [1.807, 2.05) is 0 Å². The Morgan fingerprint density at radius 2 is 1.86 bits per heavy atom. The lowest BCUT2D eigenvalue weighted by Crippen LogP contribution is -2.25. The first kappa shape index (κ1) is 11.0. The fraction of sp³-hybridized carbons (Fsp3) is 0.778. The minimum atomic E-state index is 0.146. The van der Waals surface area contributed by atoms with E-state index in [-0.39, 0.29) is 6.01 Å². The van der Waals surface area contributed by atoms with Gasteiger partial charge in [0.15, 0.2) is 0 Å². The van der Waals surface area contributed by atoms with Gasteiger partial charge in [-0.15, -0.1) is 5.10 Å². The Morgan fingerprint density at radius 3 is 2.29 bits per heavy atom. The first-order chi connectivity index (χ1) is 6.76. The zero-order valence-corrected chi connectivity index (χ0v) is 8.86. The van der Waals surface area contributed by atoms with E-state index in [1.165, 1.54) is 0 Å². The number of aromatic nitrogens is 2. The van der Waals surface area contributed by atoms with Gasteiger partial charge in [0.1, 0.15) is 0 Å². The van der Waals surface area contributed by atoms with E-state index in [0.717, 1.165) is 25.9 Å². The topological polar surface area (TPSA) is 68.2 Å². The van der Waals surface area contributed by atoms with Gasteiger partial charge in [0.2, 0.25) is 5.89 Å².